The van der Waals surface area contributed by atoms with Gasteiger partial charge in [-0.15, -0.1) is 5.10 Å². The Balaban J connectivity index is 1.27. The summed E-state index contributed by atoms with van der Waals surface area (Å²) in [6, 6.07) is 19.5. The number of rotatable bonds is 7. The molecule has 3 atom stereocenters. The Morgan fingerprint density at radius 3 is 2.46 bits per heavy atom. The minimum absolute atomic E-state index is 0.0481. The molecule has 7 nitrogen and oxygen atoms in total. The van der Waals surface area contributed by atoms with E-state index in [1.165, 1.54) is 37.7 Å². The lowest BCUT2D eigenvalue weighted by atomic mass is 9.85. The number of hydrogen-bond donors (Lipinski definition) is 1. The van der Waals surface area contributed by atoms with Gasteiger partial charge in [-0.05, 0) is 42.9 Å². The van der Waals surface area contributed by atoms with Crippen molar-refractivity contribution >= 4 is 5.97 Å². The van der Waals surface area contributed by atoms with E-state index in [2.05, 4.69) is 39.5 Å². The van der Waals surface area contributed by atoms with Crippen LogP contribution in [-0.4, -0.2) is 50.2 Å². The Kier molecular flexibility index (Phi) is 7.54. The fourth-order valence-corrected chi connectivity index (χ4v) is 5.57. The Morgan fingerprint density at radius 1 is 1.00 bits per heavy atom. The number of hydrogen-bond acceptors (Lipinski definition) is 6. The molecule has 1 aromatic heterocycles. The van der Waals surface area contributed by atoms with Crippen LogP contribution < -0.4 is 0 Å². The topological polar surface area (TPSA) is 80.5 Å². The summed E-state index contributed by atoms with van der Waals surface area (Å²) < 4.78 is 7.16. The summed E-state index contributed by atoms with van der Waals surface area (Å²) in [6.07, 6.45) is 8.55. The van der Waals surface area contributed by atoms with Gasteiger partial charge in [0.1, 0.15) is 12.3 Å². The van der Waals surface area contributed by atoms with Gasteiger partial charge >= 0.3 is 5.97 Å². The Hall–Kier alpha value is -3.03. The number of carbonyl (C=O) groups is 1. The zero-order valence-electron chi connectivity index (χ0n) is 20.1. The van der Waals surface area contributed by atoms with Crippen molar-refractivity contribution in [2.45, 2.75) is 63.3 Å². The monoisotopic (exact) mass is 474 g/mol. The van der Waals surface area contributed by atoms with Gasteiger partial charge in [-0.3, -0.25) is 4.90 Å². The van der Waals surface area contributed by atoms with Crippen LogP contribution in [0.3, 0.4) is 0 Å². The maximum atomic E-state index is 12.3. The van der Waals surface area contributed by atoms with Crippen molar-refractivity contribution in [1.29, 1.82) is 0 Å². The molecule has 0 spiro atoms. The van der Waals surface area contributed by atoms with Gasteiger partial charge in [-0.25, -0.2) is 9.48 Å². The molecule has 0 unspecified atom stereocenters. The van der Waals surface area contributed by atoms with Crippen molar-refractivity contribution in [3.05, 3.63) is 83.7 Å². The number of carbonyl (C=O) groups excluding carboxylic acids is 1. The second kappa shape index (κ2) is 11.1. The molecule has 2 fully saturated rings. The lowest BCUT2D eigenvalue weighted by molar-refractivity contribution is -0.0182. The van der Waals surface area contributed by atoms with E-state index in [0.717, 1.165) is 13.0 Å². The molecule has 0 amide bonds. The predicted molar refractivity (Wildman–Crippen MR) is 133 cm³/mol. The summed E-state index contributed by atoms with van der Waals surface area (Å²) in [5, 5.41) is 19.7. The van der Waals surface area contributed by atoms with Crippen LogP contribution in [0.4, 0.5) is 0 Å². The van der Waals surface area contributed by atoms with Crippen molar-refractivity contribution in [2.24, 2.45) is 5.92 Å². The molecule has 5 rings (SSSR count). The van der Waals surface area contributed by atoms with Gasteiger partial charge in [-0.2, -0.15) is 0 Å². The van der Waals surface area contributed by atoms with E-state index in [4.69, 9.17) is 4.74 Å². The van der Waals surface area contributed by atoms with Crippen molar-refractivity contribution in [3.63, 3.8) is 0 Å². The average Bonchev–Trinajstić information content (AvgIpc) is 3.38. The molecule has 1 aliphatic carbocycles. The number of aliphatic hydroxyl groups is 1. The number of aromatic nitrogens is 3. The van der Waals surface area contributed by atoms with Gasteiger partial charge in [0.05, 0.1) is 23.9 Å². The molecule has 1 saturated heterocycles. The van der Waals surface area contributed by atoms with E-state index >= 15 is 0 Å². The van der Waals surface area contributed by atoms with Crippen LogP contribution in [0, 0.1) is 5.92 Å². The highest BCUT2D eigenvalue weighted by atomic mass is 16.5. The summed E-state index contributed by atoms with van der Waals surface area (Å²) in [5.41, 5.74) is 2.35. The zero-order chi connectivity index (χ0) is 24.0. The predicted octanol–water partition coefficient (Wildman–Crippen LogP) is 4.56. The lowest BCUT2D eigenvalue weighted by Crippen LogP contribution is -2.48. The van der Waals surface area contributed by atoms with Gasteiger partial charge in [0, 0.05) is 19.1 Å². The van der Waals surface area contributed by atoms with E-state index in [0.29, 0.717) is 23.7 Å². The van der Waals surface area contributed by atoms with Crippen molar-refractivity contribution in [2.75, 3.05) is 13.1 Å². The molecule has 1 N–H and O–H groups in total. The standard InChI is InChI=1S/C28H34N4O3/c33-27-19-31(17-21-10-4-1-5-11-21)25(22-12-6-2-7-13-22)16-26(27)32-18-24(29-30-32)20-35-28(34)23-14-8-3-9-15-23/h2-3,6-9,12-15,18,21,25-27,33H,1,4-5,10-11,16-17,19-20H2/t25-,26-,27+/m1/s1. The molecule has 184 valence electrons. The number of benzene rings is 2. The minimum Gasteiger partial charge on any atom is -0.455 e. The highest BCUT2D eigenvalue weighted by molar-refractivity contribution is 5.89. The van der Waals surface area contributed by atoms with Crippen LogP contribution in [0.5, 0.6) is 0 Å². The SMILES string of the molecule is O=C(OCc1cn([C@@H]2C[C@H](c3ccccc3)N(CC3CCCCC3)C[C@@H]2O)nn1)c1ccccc1. The summed E-state index contributed by atoms with van der Waals surface area (Å²) in [4.78, 5) is 14.7. The fraction of sp³-hybridized carbons (Fsp3) is 0.464. The van der Waals surface area contributed by atoms with Gasteiger partial charge in [-0.1, -0.05) is 73.0 Å². The molecule has 2 heterocycles. The third kappa shape index (κ3) is 5.80. The summed E-state index contributed by atoms with van der Waals surface area (Å²) in [5.74, 6) is 0.316. The molecule has 1 aliphatic heterocycles. The van der Waals surface area contributed by atoms with Gasteiger partial charge in [0.15, 0.2) is 0 Å². The number of nitrogens with zero attached hydrogens (tertiary/aromatic N) is 4. The van der Waals surface area contributed by atoms with Crippen molar-refractivity contribution in [3.8, 4) is 0 Å². The molecule has 35 heavy (non-hydrogen) atoms. The average molecular weight is 475 g/mol. The lowest BCUT2D eigenvalue weighted by Gasteiger charge is -2.44. The molecule has 0 radical (unpaired) electrons. The maximum absolute atomic E-state index is 12.3. The number of ether oxygens (including phenoxy) is 1. The first-order chi connectivity index (χ1) is 17.2. The first-order valence-corrected chi connectivity index (χ1v) is 12.8. The summed E-state index contributed by atoms with van der Waals surface area (Å²) >= 11 is 0. The van der Waals surface area contributed by atoms with Crippen LogP contribution in [0.1, 0.15) is 72.2 Å². The fourth-order valence-electron chi connectivity index (χ4n) is 5.57. The quantitative estimate of drug-likeness (QED) is 0.506. The Bertz CT molecular complexity index is 1080. The van der Waals surface area contributed by atoms with Crippen LogP contribution in [0.2, 0.25) is 0 Å². The third-order valence-electron chi connectivity index (χ3n) is 7.43. The van der Waals surface area contributed by atoms with E-state index in [1.54, 1.807) is 35.1 Å². The number of aliphatic hydroxyl groups excluding tert-OH is 1. The van der Waals surface area contributed by atoms with E-state index in [1.807, 2.05) is 12.1 Å². The van der Waals surface area contributed by atoms with Crippen molar-refractivity contribution < 1.29 is 14.6 Å². The summed E-state index contributed by atoms with van der Waals surface area (Å²) in [6.45, 7) is 1.69. The highest BCUT2D eigenvalue weighted by Crippen LogP contribution is 2.38. The van der Waals surface area contributed by atoms with Crippen LogP contribution >= 0.6 is 0 Å². The van der Waals surface area contributed by atoms with Crippen LogP contribution in [0.25, 0.3) is 0 Å². The number of β-amino-alcohol motifs (C(OH)–C–C–N with tert-alkyl or cyclic N) is 1. The molecule has 0 bridgehead atoms. The maximum Gasteiger partial charge on any atom is 0.338 e. The molecular formula is C28H34N4O3. The van der Waals surface area contributed by atoms with E-state index in [9.17, 15) is 9.90 Å². The number of likely N-dealkylation sites (tertiary alicyclic amines) is 1. The largest absolute Gasteiger partial charge is 0.455 e. The normalized spacial score (nSPS) is 23.7. The van der Waals surface area contributed by atoms with Crippen LogP contribution in [0.15, 0.2) is 66.9 Å². The Labute approximate surface area is 206 Å². The van der Waals surface area contributed by atoms with Crippen molar-refractivity contribution in [1.82, 2.24) is 19.9 Å². The summed E-state index contributed by atoms with van der Waals surface area (Å²) in [7, 11) is 0. The van der Waals surface area contributed by atoms with Gasteiger partial charge < -0.3 is 9.84 Å². The molecule has 7 heteroatoms. The van der Waals surface area contributed by atoms with Gasteiger partial charge in [0.25, 0.3) is 0 Å². The Morgan fingerprint density at radius 2 is 1.71 bits per heavy atom. The molecule has 3 aromatic rings. The van der Waals surface area contributed by atoms with Gasteiger partial charge in [0.2, 0.25) is 0 Å². The first-order valence-electron chi connectivity index (χ1n) is 12.8. The highest BCUT2D eigenvalue weighted by Gasteiger charge is 2.38. The third-order valence-corrected chi connectivity index (χ3v) is 7.43. The second-order valence-corrected chi connectivity index (χ2v) is 9.89. The minimum atomic E-state index is -0.542. The zero-order valence-corrected chi connectivity index (χ0v) is 20.1. The second-order valence-electron chi connectivity index (χ2n) is 9.89. The first kappa shape index (κ1) is 23.7. The number of esters is 1. The smallest absolute Gasteiger partial charge is 0.338 e. The van der Waals surface area contributed by atoms with E-state index < -0.39 is 6.10 Å². The molecule has 1 saturated carbocycles. The van der Waals surface area contributed by atoms with Crippen LogP contribution in [-0.2, 0) is 11.3 Å². The molecule has 2 aromatic carbocycles. The molecular weight excluding hydrogens is 440 g/mol. The number of piperidine rings is 1. The van der Waals surface area contributed by atoms with E-state index in [-0.39, 0.29) is 24.7 Å². The molecule has 2 aliphatic rings.